The number of hydrogen-bond donors (Lipinski definition) is 1. The van der Waals surface area contributed by atoms with Gasteiger partial charge in [-0.15, -0.1) is 0 Å². The summed E-state index contributed by atoms with van der Waals surface area (Å²) in [6.07, 6.45) is 2.80. The molecule has 2 fully saturated rings. The van der Waals surface area contributed by atoms with Crippen molar-refractivity contribution in [2.75, 3.05) is 32.7 Å². The quantitative estimate of drug-likeness (QED) is 0.804. The maximum atomic E-state index is 5.91. The van der Waals surface area contributed by atoms with Gasteiger partial charge in [-0.05, 0) is 44.7 Å². The first-order chi connectivity index (χ1) is 8.11. The van der Waals surface area contributed by atoms with Crippen molar-refractivity contribution in [1.29, 1.82) is 0 Å². The summed E-state index contributed by atoms with van der Waals surface area (Å²) in [6, 6.07) is 1.54. The van der Waals surface area contributed by atoms with Crippen molar-refractivity contribution in [3.63, 3.8) is 0 Å². The van der Waals surface area contributed by atoms with Gasteiger partial charge in [0.05, 0.1) is 0 Å². The number of fused-ring (bicyclic) bond motifs is 1. The zero-order valence-corrected chi connectivity index (χ0v) is 11.7. The average Bonchev–Trinajstić information content (AvgIpc) is 2.72. The summed E-state index contributed by atoms with van der Waals surface area (Å²) in [6.45, 7) is 12.9. The summed E-state index contributed by atoms with van der Waals surface area (Å²) in [5.41, 5.74) is 5.91. The van der Waals surface area contributed by atoms with Crippen LogP contribution in [0.15, 0.2) is 0 Å². The van der Waals surface area contributed by atoms with E-state index in [2.05, 4.69) is 30.6 Å². The van der Waals surface area contributed by atoms with Crippen molar-refractivity contribution in [1.82, 2.24) is 9.80 Å². The highest BCUT2D eigenvalue weighted by Gasteiger charge is 2.35. The van der Waals surface area contributed by atoms with E-state index in [1.165, 1.54) is 39.0 Å². The molecule has 0 saturated carbocycles. The van der Waals surface area contributed by atoms with Crippen LogP contribution < -0.4 is 5.73 Å². The summed E-state index contributed by atoms with van der Waals surface area (Å²) in [5, 5.41) is 0. The summed E-state index contributed by atoms with van der Waals surface area (Å²) in [5.74, 6) is 1.36. The number of piperazine rings is 1. The van der Waals surface area contributed by atoms with E-state index in [4.69, 9.17) is 5.73 Å². The summed E-state index contributed by atoms with van der Waals surface area (Å²) >= 11 is 0. The maximum Gasteiger partial charge on any atom is 0.0224 e. The van der Waals surface area contributed by atoms with Crippen LogP contribution in [0.1, 0.15) is 33.6 Å². The zero-order chi connectivity index (χ0) is 12.4. The van der Waals surface area contributed by atoms with Crippen LogP contribution in [-0.2, 0) is 0 Å². The second-order valence-electron chi connectivity index (χ2n) is 6.33. The lowest BCUT2D eigenvalue weighted by Gasteiger charge is -2.44. The molecule has 0 bridgehead atoms. The third-order valence-electron chi connectivity index (χ3n) is 4.78. The van der Waals surface area contributed by atoms with Crippen molar-refractivity contribution < 1.29 is 0 Å². The van der Waals surface area contributed by atoms with Crippen molar-refractivity contribution in [2.24, 2.45) is 17.6 Å². The van der Waals surface area contributed by atoms with Gasteiger partial charge in [0, 0.05) is 31.7 Å². The minimum atomic E-state index is 0.658. The van der Waals surface area contributed by atoms with Crippen molar-refractivity contribution >= 4 is 0 Å². The standard InChI is InChI=1S/C14H29N3/c1-11(2)13(7-15)9-17-10-14-5-4-6-16(14)8-12(17)3/h11-14H,4-10,15H2,1-3H3. The smallest absolute Gasteiger partial charge is 0.0224 e. The molecule has 100 valence electrons. The fraction of sp³-hybridized carbons (Fsp3) is 1.00. The highest BCUT2D eigenvalue weighted by Crippen LogP contribution is 2.25. The molecule has 0 aromatic heterocycles. The number of nitrogens with zero attached hydrogens (tertiary/aromatic N) is 2. The van der Waals surface area contributed by atoms with Gasteiger partial charge in [0.25, 0.3) is 0 Å². The average molecular weight is 239 g/mol. The normalized spacial score (nSPS) is 33.0. The Morgan fingerprint density at radius 3 is 2.71 bits per heavy atom. The lowest BCUT2D eigenvalue weighted by Crippen LogP contribution is -2.56. The van der Waals surface area contributed by atoms with E-state index in [1.807, 2.05) is 0 Å². The molecule has 3 nitrogen and oxygen atoms in total. The Hall–Kier alpha value is -0.120. The van der Waals surface area contributed by atoms with Crippen LogP contribution in [-0.4, -0.2) is 54.6 Å². The van der Waals surface area contributed by atoms with E-state index in [0.29, 0.717) is 17.9 Å². The molecule has 2 aliphatic rings. The highest BCUT2D eigenvalue weighted by atomic mass is 15.3. The third-order valence-corrected chi connectivity index (χ3v) is 4.78. The van der Waals surface area contributed by atoms with E-state index >= 15 is 0 Å². The van der Waals surface area contributed by atoms with Crippen molar-refractivity contribution in [3.8, 4) is 0 Å². The fourth-order valence-electron chi connectivity index (χ4n) is 3.36. The van der Waals surface area contributed by atoms with Gasteiger partial charge in [-0.1, -0.05) is 13.8 Å². The fourth-order valence-corrected chi connectivity index (χ4v) is 3.36. The van der Waals surface area contributed by atoms with Crippen LogP contribution >= 0.6 is 0 Å². The van der Waals surface area contributed by atoms with Crippen LogP contribution in [0.4, 0.5) is 0 Å². The highest BCUT2D eigenvalue weighted by molar-refractivity contribution is 4.91. The minimum absolute atomic E-state index is 0.658. The molecule has 0 aliphatic carbocycles. The van der Waals surface area contributed by atoms with E-state index in [0.717, 1.165) is 12.6 Å². The molecule has 2 aliphatic heterocycles. The number of hydrogen-bond acceptors (Lipinski definition) is 3. The third kappa shape index (κ3) is 3.01. The molecule has 2 rings (SSSR count). The largest absolute Gasteiger partial charge is 0.330 e. The van der Waals surface area contributed by atoms with Gasteiger partial charge in [-0.25, -0.2) is 0 Å². The van der Waals surface area contributed by atoms with E-state index in [1.54, 1.807) is 0 Å². The van der Waals surface area contributed by atoms with E-state index in [-0.39, 0.29) is 0 Å². The summed E-state index contributed by atoms with van der Waals surface area (Å²) < 4.78 is 0. The predicted octanol–water partition coefficient (Wildman–Crippen LogP) is 1.39. The van der Waals surface area contributed by atoms with Crippen molar-refractivity contribution in [3.05, 3.63) is 0 Å². The number of nitrogens with two attached hydrogens (primary N) is 1. The topological polar surface area (TPSA) is 32.5 Å². The summed E-state index contributed by atoms with van der Waals surface area (Å²) in [7, 11) is 0. The molecular formula is C14H29N3. The van der Waals surface area contributed by atoms with Gasteiger partial charge in [-0.3, -0.25) is 9.80 Å². The first-order valence-electron chi connectivity index (χ1n) is 7.30. The molecule has 0 aromatic carbocycles. The molecule has 0 spiro atoms. The molecule has 17 heavy (non-hydrogen) atoms. The Labute approximate surface area is 106 Å². The van der Waals surface area contributed by atoms with E-state index < -0.39 is 0 Å². The molecule has 3 unspecified atom stereocenters. The van der Waals surface area contributed by atoms with Crippen LogP contribution in [0.2, 0.25) is 0 Å². The SMILES string of the molecule is CC(C)C(CN)CN1CC2CCCN2CC1C. The Morgan fingerprint density at radius 1 is 1.29 bits per heavy atom. The maximum absolute atomic E-state index is 5.91. The molecule has 2 N–H and O–H groups in total. The van der Waals surface area contributed by atoms with Gasteiger partial charge in [-0.2, -0.15) is 0 Å². The monoisotopic (exact) mass is 239 g/mol. The first-order valence-corrected chi connectivity index (χ1v) is 7.30. The minimum Gasteiger partial charge on any atom is -0.330 e. The summed E-state index contributed by atoms with van der Waals surface area (Å²) in [4.78, 5) is 5.37. The number of rotatable bonds is 4. The molecular weight excluding hydrogens is 210 g/mol. The van der Waals surface area contributed by atoms with Crippen LogP contribution in [0, 0.1) is 11.8 Å². The molecule has 2 saturated heterocycles. The Kier molecular flexibility index (Phi) is 4.45. The molecule has 3 heteroatoms. The van der Waals surface area contributed by atoms with Crippen LogP contribution in [0.5, 0.6) is 0 Å². The Bertz CT molecular complexity index is 242. The van der Waals surface area contributed by atoms with Gasteiger partial charge in [0.15, 0.2) is 0 Å². The molecule has 2 heterocycles. The van der Waals surface area contributed by atoms with Gasteiger partial charge < -0.3 is 5.73 Å². The Morgan fingerprint density at radius 2 is 2.06 bits per heavy atom. The first kappa shape index (κ1) is 13.3. The lowest BCUT2D eigenvalue weighted by atomic mass is 9.94. The Balaban J connectivity index is 1.91. The van der Waals surface area contributed by atoms with E-state index in [9.17, 15) is 0 Å². The zero-order valence-electron chi connectivity index (χ0n) is 11.7. The second-order valence-corrected chi connectivity index (χ2v) is 6.33. The van der Waals surface area contributed by atoms with Gasteiger partial charge in [0.2, 0.25) is 0 Å². The van der Waals surface area contributed by atoms with Gasteiger partial charge >= 0.3 is 0 Å². The van der Waals surface area contributed by atoms with Crippen LogP contribution in [0.3, 0.4) is 0 Å². The molecule has 0 radical (unpaired) electrons. The van der Waals surface area contributed by atoms with Crippen LogP contribution in [0.25, 0.3) is 0 Å². The predicted molar refractivity (Wildman–Crippen MR) is 73.0 cm³/mol. The van der Waals surface area contributed by atoms with Gasteiger partial charge in [0.1, 0.15) is 0 Å². The molecule has 0 aromatic rings. The lowest BCUT2D eigenvalue weighted by molar-refractivity contribution is 0.0435. The second kappa shape index (κ2) is 5.68. The molecule has 0 amide bonds. The molecule has 3 atom stereocenters. The van der Waals surface area contributed by atoms with Crippen molar-refractivity contribution in [2.45, 2.75) is 45.7 Å².